The van der Waals surface area contributed by atoms with Crippen molar-refractivity contribution in [3.8, 4) is 0 Å². The fourth-order valence-corrected chi connectivity index (χ4v) is 5.13. The Balaban J connectivity index is 1.82. The van der Waals surface area contributed by atoms with Gasteiger partial charge in [0.1, 0.15) is 0 Å². The van der Waals surface area contributed by atoms with Crippen LogP contribution in [0.15, 0.2) is 11.8 Å². The predicted octanol–water partition coefficient (Wildman–Crippen LogP) is 5.40. The molecule has 30 heavy (non-hydrogen) atoms. The molecule has 0 aromatic rings. The van der Waals surface area contributed by atoms with Crippen molar-refractivity contribution in [2.45, 2.75) is 89.6 Å². The number of hydrogen-bond acceptors (Lipinski definition) is 4. The summed E-state index contributed by atoms with van der Waals surface area (Å²) in [5.74, 6) is 0. The van der Waals surface area contributed by atoms with E-state index in [1.165, 1.54) is 44.1 Å². The molecule has 1 rings (SSSR count). The molecule has 0 aromatic heterocycles. The standard InChI is InChI=1S/C24H49NO4P/c1-25(2,3)17-13-19-30(27)18-12-11-16-24(26)15-10-8-6-4-5-7-9-14-23-20-28-22-29-21-23/h20,24,26-27H,4-19,21-22H2,1-3H3/q+1. The predicted molar refractivity (Wildman–Crippen MR) is 128 cm³/mol. The molecule has 6 heteroatoms. The van der Waals surface area contributed by atoms with Gasteiger partial charge in [0.2, 0.25) is 0 Å². The van der Waals surface area contributed by atoms with Gasteiger partial charge in [0, 0.05) is 14.6 Å². The van der Waals surface area contributed by atoms with Crippen LogP contribution in [0.5, 0.6) is 0 Å². The molecular formula is C24H49NO4P+. The van der Waals surface area contributed by atoms with Crippen molar-refractivity contribution in [3.05, 3.63) is 11.8 Å². The van der Waals surface area contributed by atoms with Crippen LogP contribution in [0.2, 0.25) is 0 Å². The fourth-order valence-electron chi connectivity index (χ4n) is 3.81. The minimum absolute atomic E-state index is 0.152. The average molecular weight is 447 g/mol. The summed E-state index contributed by atoms with van der Waals surface area (Å²) < 4.78 is 11.4. The minimum atomic E-state index is -0.798. The van der Waals surface area contributed by atoms with Crippen molar-refractivity contribution >= 4 is 8.15 Å². The van der Waals surface area contributed by atoms with Crippen LogP contribution in [0, 0.1) is 0 Å². The largest absolute Gasteiger partial charge is 0.475 e. The Labute approximate surface area is 187 Å². The molecule has 2 unspecified atom stereocenters. The molecule has 0 bridgehead atoms. The van der Waals surface area contributed by atoms with Gasteiger partial charge in [0.25, 0.3) is 0 Å². The molecule has 178 valence electrons. The summed E-state index contributed by atoms with van der Waals surface area (Å²) in [6, 6.07) is 0. The summed E-state index contributed by atoms with van der Waals surface area (Å²) >= 11 is 0. The van der Waals surface area contributed by atoms with Crippen LogP contribution >= 0.6 is 8.15 Å². The van der Waals surface area contributed by atoms with E-state index in [4.69, 9.17) is 9.47 Å². The molecule has 0 amide bonds. The summed E-state index contributed by atoms with van der Waals surface area (Å²) in [7, 11) is 5.80. The molecule has 0 spiro atoms. The van der Waals surface area contributed by atoms with Gasteiger partial charge in [0.15, 0.2) is 6.79 Å². The topological polar surface area (TPSA) is 58.9 Å². The van der Waals surface area contributed by atoms with Gasteiger partial charge in [-0.25, -0.2) is 0 Å². The van der Waals surface area contributed by atoms with Crippen LogP contribution in [0.4, 0.5) is 0 Å². The van der Waals surface area contributed by atoms with Crippen LogP contribution in [0.3, 0.4) is 0 Å². The van der Waals surface area contributed by atoms with Crippen molar-refractivity contribution in [1.82, 2.24) is 0 Å². The van der Waals surface area contributed by atoms with E-state index in [0.717, 1.165) is 74.9 Å². The molecule has 0 aromatic carbocycles. The van der Waals surface area contributed by atoms with E-state index in [0.29, 0.717) is 6.79 Å². The first-order valence-corrected chi connectivity index (χ1v) is 13.8. The molecule has 0 fully saturated rings. The van der Waals surface area contributed by atoms with E-state index in [1.54, 1.807) is 0 Å². The molecule has 5 nitrogen and oxygen atoms in total. The van der Waals surface area contributed by atoms with Crippen LogP contribution in [-0.4, -0.2) is 74.0 Å². The Bertz CT molecular complexity index is 439. The van der Waals surface area contributed by atoms with Gasteiger partial charge in [-0.3, -0.25) is 0 Å². The molecule has 2 N–H and O–H groups in total. The minimum Gasteiger partial charge on any atom is -0.475 e. The number of aliphatic hydroxyl groups excluding tert-OH is 1. The lowest BCUT2D eigenvalue weighted by Gasteiger charge is -2.24. The highest BCUT2D eigenvalue weighted by Gasteiger charge is 2.10. The van der Waals surface area contributed by atoms with Gasteiger partial charge in [-0.05, 0) is 50.0 Å². The third kappa shape index (κ3) is 17.5. The summed E-state index contributed by atoms with van der Waals surface area (Å²) in [6.07, 6.45) is 18.5. The van der Waals surface area contributed by atoms with Gasteiger partial charge < -0.3 is 24.0 Å². The van der Waals surface area contributed by atoms with Gasteiger partial charge in [-0.1, -0.05) is 44.9 Å². The van der Waals surface area contributed by atoms with Gasteiger partial charge >= 0.3 is 0 Å². The zero-order valence-corrected chi connectivity index (χ0v) is 20.9. The zero-order valence-electron chi connectivity index (χ0n) is 20.0. The van der Waals surface area contributed by atoms with Crippen LogP contribution in [-0.2, 0) is 9.47 Å². The number of quaternary nitrogens is 1. The highest BCUT2D eigenvalue weighted by molar-refractivity contribution is 7.51. The zero-order chi connectivity index (χ0) is 22.1. The lowest BCUT2D eigenvalue weighted by Crippen LogP contribution is -2.35. The highest BCUT2D eigenvalue weighted by atomic mass is 31.1. The number of aliphatic hydroxyl groups is 1. The van der Waals surface area contributed by atoms with Gasteiger partial charge in [-0.15, -0.1) is 0 Å². The molecular weight excluding hydrogens is 397 g/mol. The average Bonchev–Trinajstić information content (AvgIpc) is 2.70. The number of unbranched alkanes of at least 4 members (excludes halogenated alkanes) is 7. The maximum atomic E-state index is 10.2. The molecule has 1 heterocycles. The molecule has 2 atom stereocenters. The molecule has 0 aliphatic carbocycles. The van der Waals surface area contributed by atoms with Crippen LogP contribution in [0.25, 0.3) is 0 Å². The lowest BCUT2D eigenvalue weighted by atomic mass is 10.0. The van der Waals surface area contributed by atoms with Gasteiger partial charge in [-0.2, -0.15) is 0 Å². The second-order valence-electron chi connectivity index (χ2n) is 9.89. The Morgan fingerprint density at radius 2 is 1.50 bits per heavy atom. The third-order valence-corrected chi connectivity index (χ3v) is 7.34. The number of nitrogens with zero attached hydrogens (tertiary/aromatic N) is 1. The monoisotopic (exact) mass is 446 g/mol. The Hall–Kier alpha value is -0.190. The first kappa shape index (κ1) is 27.8. The third-order valence-electron chi connectivity index (χ3n) is 5.67. The van der Waals surface area contributed by atoms with E-state index < -0.39 is 8.15 Å². The smallest absolute Gasteiger partial charge is 0.188 e. The van der Waals surface area contributed by atoms with E-state index in [2.05, 4.69) is 21.1 Å². The molecule has 0 saturated carbocycles. The summed E-state index contributed by atoms with van der Waals surface area (Å²) in [5.41, 5.74) is 1.28. The first-order chi connectivity index (χ1) is 14.4. The summed E-state index contributed by atoms with van der Waals surface area (Å²) in [5, 5.41) is 10.2. The van der Waals surface area contributed by atoms with Crippen molar-refractivity contribution < 1.29 is 24.0 Å². The number of hydrogen-bond donors (Lipinski definition) is 2. The first-order valence-electron chi connectivity index (χ1n) is 12.2. The maximum absolute atomic E-state index is 10.2. The van der Waals surface area contributed by atoms with Crippen molar-refractivity contribution in [2.24, 2.45) is 0 Å². The number of ether oxygens (including phenoxy) is 2. The van der Waals surface area contributed by atoms with Crippen LogP contribution < -0.4 is 0 Å². The SMILES string of the molecule is C[N+](C)(C)CCCP(O)CCCCC(O)CCCCCCCCCC1=COCOC1. The van der Waals surface area contributed by atoms with Crippen molar-refractivity contribution in [1.29, 1.82) is 0 Å². The Morgan fingerprint density at radius 1 is 0.900 bits per heavy atom. The normalized spacial score (nSPS) is 16.8. The highest BCUT2D eigenvalue weighted by Crippen LogP contribution is 2.32. The van der Waals surface area contributed by atoms with E-state index in [9.17, 15) is 10.00 Å². The molecule has 1 aliphatic heterocycles. The Kier molecular flexibility index (Phi) is 16.1. The number of rotatable bonds is 19. The summed E-state index contributed by atoms with van der Waals surface area (Å²) in [6.45, 7) is 2.27. The lowest BCUT2D eigenvalue weighted by molar-refractivity contribution is -0.870. The fraction of sp³-hybridized carbons (Fsp3) is 0.917. The second kappa shape index (κ2) is 17.4. The van der Waals surface area contributed by atoms with Crippen LogP contribution in [0.1, 0.15) is 83.5 Å². The molecule has 0 saturated heterocycles. The van der Waals surface area contributed by atoms with E-state index >= 15 is 0 Å². The quantitative estimate of drug-likeness (QED) is 0.158. The van der Waals surface area contributed by atoms with Crippen molar-refractivity contribution in [3.63, 3.8) is 0 Å². The summed E-state index contributed by atoms with van der Waals surface area (Å²) in [4.78, 5) is 10.1. The Morgan fingerprint density at radius 3 is 2.13 bits per heavy atom. The van der Waals surface area contributed by atoms with Crippen molar-refractivity contribution in [2.75, 3.05) is 53.4 Å². The van der Waals surface area contributed by atoms with E-state index in [-0.39, 0.29) is 6.10 Å². The second-order valence-corrected chi connectivity index (χ2v) is 11.8. The maximum Gasteiger partial charge on any atom is 0.188 e. The van der Waals surface area contributed by atoms with E-state index in [1.807, 2.05) is 6.26 Å². The molecule has 0 radical (unpaired) electrons. The molecule has 1 aliphatic rings. The van der Waals surface area contributed by atoms with Gasteiger partial charge in [0.05, 0.1) is 46.7 Å².